The first-order chi connectivity index (χ1) is 11.8. The van der Waals surface area contributed by atoms with Crippen molar-refractivity contribution in [3.63, 3.8) is 0 Å². The molecule has 25 heavy (non-hydrogen) atoms. The standard InChI is InChI=1S/C18H23N3O3S/c1-5-24-14-8-6-12(7-9-14)19-15(22)10-13-11-25-17(20-13)21-16(23)18(2,3)4/h6-9,11H,5,10H2,1-4H3,(H,19,22)(H,20,21,23). The van der Waals surface area contributed by atoms with Gasteiger partial charge in [-0.15, -0.1) is 11.3 Å². The Morgan fingerprint density at radius 1 is 1.16 bits per heavy atom. The van der Waals surface area contributed by atoms with Crippen LogP contribution in [-0.4, -0.2) is 23.4 Å². The zero-order chi connectivity index (χ0) is 18.4. The second-order valence-electron chi connectivity index (χ2n) is 6.53. The van der Waals surface area contributed by atoms with Crippen LogP contribution in [0, 0.1) is 5.41 Å². The van der Waals surface area contributed by atoms with Gasteiger partial charge in [-0.1, -0.05) is 20.8 Å². The Labute approximate surface area is 151 Å². The molecule has 0 spiro atoms. The van der Waals surface area contributed by atoms with E-state index in [0.29, 0.717) is 23.1 Å². The second-order valence-corrected chi connectivity index (χ2v) is 7.39. The van der Waals surface area contributed by atoms with Gasteiger partial charge in [-0.25, -0.2) is 4.98 Å². The summed E-state index contributed by atoms with van der Waals surface area (Å²) in [5.41, 5.74) is 0.833. The van der Waals surface area contributed by atoms with Crippen molar-refractivity contribution in [1.29, 1.82) is 0 Å². The highest BCUT2D eigenvalue weighted by molar-refractivity contribution is 7.13. The normalized spacial score (nSPS) is 11.0. The Kier molecular flexibility index (Phi) is 6.14. The molecule has 134 valence electrons. The largest absolute Gasteiger partial charge is 0.494 e. The van der Waals surface area contributed by atoms with Crippen LogP contribution >= 0.6 is 11.3 Å². The first-order valence-corrected chi connectivity index (χ1v) is 8.94. The van der Waals surface area contributed by atoms with Crippen molar-refractivity contribution in [3.05, 3.63) is 35.3 Å². The summed E-state index contributed by atoms with van der Waals surface area (Å²) in [6.07, 6.45) is 0.148. The molecule has 0 bridgehead atoms. The van der Waals surface area contributed by atoms with Crippen molar-refractivity contribution >= 4 is 34.0 Å². The molecule has 6 nitrogen and oxygen atoms in total. The number of rotatable bonds is 6. The van der Waals surface area contributed by atoms with Crippen molar-refractivity contribution in [2.24, 2.45) is 5.41 Å². The maximum Gasteiger partial charge on any atom is 0.231 e. The van der Waals surface area contributed by atoms with Crippen LogP contribution in [0.2, 0.25) is 0 Å². The van der Waals surface area contributed by atoms with E-state index in [2.05, 4.69) is 15.6 Å². The summed E-state index contributed by atoms with van der Waals surface area (Å²) in [5.74, 6) is 0.495. The van der Waals surface area contributed by atoms with E-state index in [1.165, 1.54) is 11.3 Å². The van der Waals surface area contributed by atoms with Gasteiger partial charge in [0, 0.05) is 16.5 Å². The van der Waals surface area contributed by atoms with Crippen molar-refractivity contribution < 1.29 is 14.3 Å². The predicted octanol–water partition coefficient (Wildman–Crippen LogP) is 3.71. The summed E-state index contributed by atoms with van der Waals surface area (Å²) in [6.45, 7) is 8.02. The summed E-state index contributed by atoms with van der Waals surface area (Å²) in [5, 5.41) is 7.86. The Morgan fingerprint density at radius 3 is 2.44 bits per heavy atom. The van der Waals surface area contributed by atoms with Crippen molar-refractivity contribution in [2.75, 3.05) is 17.2 Å². The molecule has 1 aromatic heterocycles. The number of anilines is 2. The zero-order valence-corrected chi connectivity index (χ0v) is 15.7. The molecule has 0 aliphatic heterocycles. The van der Waals surface area contributed by atoms with Crippen molar-refractivity contribution in [3.8, 4) is 5.75 Å². The molecule has 1 heterocycles. The molecule has 0 aliphatic carbocycles. The van der Waals surface area contributed by atoms with E-state index in [9.17, 15) is 9.59 Å². The molecule has 0 radical (unpaired) electrons. The van der Waals surface area contributed by atoms with Crippen molar-refractivity contribution in [1.82, 2.24) is 4.98 Å². The molecule has 0 atom stereocenters. The number of ether oxygens (including phenoxy) is 1. The third-order valence-electron chi connectivity index (χ3n) is 3.24. The highest BCUT2D eigenvalue weighted by atomic mass is 32.1. The van der Waals surface area contributed by atoms with E-state index in [-0.39, 0.29) is 18.2 Å². The molecule has 0 unspecified atom stereocenters. The van der Waals surface area contributed by atoms with Gasteiger partial charge in [-0.3, -0.25) is 9.59 Å². The fourth-order valence-electron chi connectivity index (χ4n) is 1.90. The van der Waals surface area contributed by atoms with Crippen LogP contribution in [0.3, 0.4) is 0 Å². The monoisotopic (exact) mass is 361 g/mol. The van der Waals surface area contributed by atoms with Crippen LogP contribution in [0.25, 0.3) is 0 Å². The number of hydrogen-bond acceptors (Lipinski definition) is 5. The molecule has 0 fully saturated rings. The van der Waals surface area contributed by atoms with E-state index < -0.39 is 5.41 Å². The lowest BCUT2D eigenvalue weighted by atomic mass is 9.96. The molecule has 2 amide bonds. The summed E-state index contributed by atoms with van der Waals surface area (Å²) < 4.78 is 5.36. The van der Waals surface area contributed by atoms with Crippen LogP contribution in [0.15, 0.2) is 29.6 Å². The predicted molar refractivity (Wildman–Crippen MR) is 100 cm³/mol. The molecule has 2 N–H and O–H groups in total. The van der Waals surface area contributed by atoms with E-state index in [1.54, 1.807) is 17.5 Å². The Hall–Kier alpha value is -2.41. The fourth-order valence-corrected chi connectivity index (χ4v) is 2.61. The van der Waals surface area contributed by atoms with Gasteiger partial charge in [0.25, 0.3) is 0 Å². The van der Waals surface area contributed by atoms with Gasteiger partial charge in [0.15, 0.2) is 5.13 Å². The van der Waals surface area contributed by atoms with E-state index in [1.807, 2.05) is 39.8 Å². The first kappa shape index (κ1) is 18.9. The average Bonchev–Trinajstić information content (AvgIpc) is 2.95. The number of nitrogens with zero attached hydrogens (tertiary/aromatic N) is 1. The number of thiazole rings is 1. The summed E-state index contributed by atoms with van der Waals surface area (Å²) >= 11 is 1.31. The Morgan fingerprint density at radius 2 is 1.84 bits per heavy atom. The number of hydrogen-bond donors (Lipinski definition) is 2. The lowest BCUT2D eigenvalue weighted by molar-refractivity contribution is -0.123. The quantitative estimate of drug-likeness (QED) is 0.822. The third kappa shape index (κ3) is 5.86. The number of nitrogens with one attached hydrogen (secondary N) is 2. The minimum absolute atomic E-state index is 0.104. The lowest BCUT2D eigenvalue weighted by Crippen LogP contribution is -2.27. The molecule has 2 rings (SSSR count). The number of amides is 2. The van der Waals surface area contributed by atoms with E-state index >= 15 is 0 Å². The van der Waals surface area contributed by atoms with Gasteiger partial charge < -0.3 is 15.4 Å². The van der Waals surface area contributed by atoms with Crippen LogP contribution in [0.5, 0.6) is 5.75 Å². The van der Waals surface area contributed by atoms with Gasteiger partial charge in [0.1, 0.15) is 5.75 Å². The number of aromatic nitrogens is 1. The number of benzene rings is 1. The van der Waals surface area contributed by atoms with Gasteiger partial charge in [0.05, 0.1) is 18.7 Å². The molecule has 0 saturated carbocycles. The molecule has 0 aliphatic rings. The molecular weight excluding hydrogens is 338 g/mol. The van der Waals surface area contributed by atoms with E-state index in [0.717, 1.165) is 5.75 Å². The molecule has 2 aromatic rings. The van der Waals surface area contributed by atoms with Crippen LogP contribution < -0.4 is 15.4 Å². The average molecular weight is 361 g/mol. The van der Waals surface area contributed by atoms with E-state index in [4.69, 9.17) is 4.74 Å². The summed E-state index contributed by atoms with van der Waals surface area (Å²) in [6, 6.07) is 7.20. The third-order valence-corrected chi connectivity index (χ3v) is 4.05. The summed E-state index contributed by atoms with van der Waals surface area (Å²) in [7, 11) is 0. The van der Waals surface area contributed by atoms with Crippen LogP contribution in [-0.2, 0) is 16.0 Å². The highest BCUT2D eigenvalue weighted by Gasteiger charge is 2.22. The SMILES string of the molecule is CCOc1ccc(NC(=O)Cc2csc(NC(=O)C(C)(C)C)n2)cc1. The van der Waals surface area contributed by atoms with Crippen molar-refractivity contribution in [2.45, 2.75) is 34.1 Å². The zero-order valence-electron chi connectivity index (χ0n) is 14.9. The maximum absolute atomic E-state index is 12.1. The number of carbonyl (C=O) groups excluding carboxylic acids is 2. The Bertz CT molecular complexity index is 733. The van der Waals surface area contributed by atoms with Gasteiger partial charge in [-0.05, 0) is 31.2 Å². The molecule has 1 aromatic carbocycles. The minimum atomic E-state index is -0.489. The number of carbonyl (C=O) groups is 2. The minimum Gasteiger partial charge on any atom is -0.494 e. The highest BCUT2D eigenvalue weighted by Crippen LogP contribution is 2.21. The topological polar surface area (TPSA) is 80.3 Å². The van der Waals surface area contributed by atoms with Gasteiger partial charge in [-0.2, -0.15) is 0 Å². The lowest BCUT2D eigenvalue weighted by Gasteiger charge is -2.15. The fraction of sp³-hybridized carbons (Fsp3) is 0.389. The van der Waals surface area contributed by atoms with Crippen LogP contribution in [0.1, 0.15) is 33.4 Å². The Balaban J connectivity index is 1.89. The smallest absolute Gasteiger partial charge is 0.231 e. The maximum atomic E-state index is 12.1. The van der Waals surface area contributed by atoms with Gasteiger partial charge in [0.2, 0.25) is 11.8 Å². The second kappa shape index (κ2) is 8.11. The molecular formula is C18H23N3O3S. The summed E-state index contributed by atoms with van der Waals surface area (Å²) in [4.78, 5) is 28.4. The van der Waals surface area contributed by atoms with Crippen LogP contribution in [0.4, 0.5) is 10.8 Å². The first-order valence-electron chi connectivity index (χ1n) is 8.06. The van der Waals surface area contributed by atoms with Gasteiger partial charge >= 0.3 is 0 Å². The molecule has 7 heteroatoms. The molecule has 0 saturated heterocycles.